The molecule has 16 bridgehead atoms. The zero-order valence-corrected chi connectivity index (χ0v) is 75.4. The van der Waals surface area contributed by atoms with Crippen LogP contribution in [0.2, 0.25) is 0 Å². The minimum absolute atomic E-state index is 0.165. The minimum Gasteiger partial charge on any atom is -0.462 e. The largest absolute Gasteiger partial charge is 0.462 e. The lowest BCUT2D eigenvalue weighted by Crippen LogP contribution is -2.08. The van der Waals surface area contributed by atoms with Gasteiger partial charge in [0.05, 0.1) is 114 Å². The maximum atomic E-state index is 14.5. The Kier molecular flexibility index (Phi) is 20.0. The van der Waals surface area contributed by atoms with E-state index in [1.807, 2.05) is 48.5 Å². The predicted octanol–water partition coefficient (Wildman–Crippen LogP) is 32.4. The summed E-state index contributed by atoms with van der Waals surface area (Å²) in [5.41, 5.74) is 37.7. The van der Waals surface area contributed by atoms with Crippen molar-refractivity contribution < 1.29 is 19.1 Å². The first-order chi connectivity index (χ1) is 68.9. The van der Waals surface area contributed by atoms with Crippen LogP contribution in [0.15, 0.2) is 425 Å². The van der Waals surface area contributed by atoms with Crippen molar-refractivity contribution in [2.24, 2.45) is 0 Å². The molecule has 0 spiro atoms. The monoisotopic (exact) mass is 1780 g/mol. The topological polar surface area (TPSA) is 167 Å². The van der Waals surface area contributed by atoms with Crippen molar-refractivity contribution in [3.63, 3.8) is 0 Å². The number of ether oxygens (including phenoxy) is 2. The summed E-state index contributed by atoms with van der Waals surface area (Å²) in [6, 6.07) is 148. The van der Waals surface area contributed by atoms with Crippen LogP contribution in [0.3, 0.4) is 0 Å². The van der Waals surface area contributed by atoms with E-state index in [-0.39, 0.29) is 13.2 Å². The number of esters is 2. The summed E-state index contributed by atoms with van der Waals surface area (Å²) in [7, 11) is 0. The van der Waals surface area contributed by atoms with Gasteiger partial charge in [-0.1, -0.05) is 400 Å². The van der Waals surface area contributed by atoms with Crippen LogP contribution >= 0.6 is 0 Å². The highest BCUT2D eigenvalue weighted by molar-refractivity contribution is 6.25. The van der Waals surface area contributed by atoms with Crippen molar-refractivity contribution in [2.45, 2.75) is 19.3 Å². The number of carbonyl (C=O) groups is 2. The summed E-state index contributed by atoms with van der Waals surface area (Å²) in [6.45, 7) is 0.330. The van der Waals surface area contributed by atoms with Crippen LogP contribution in [-0.4, -0.2) is 65.0 Å². The van der Waals surface area contributed by atoms with Gasteiger partial charge in [-0.05, 0) is 88.0 Å². The van der Waals surface area contributed by atoms with E-state index in [0.29, 0.717) is 30.4 Å². The van der Waals surface area contributed by atoms with Gasteiger partial charge in [-0.2, -0.15) is 0 Å². The van der Waals surface area contributed by atoms with Gasteiger partial charge in [0.2, 0.25) is 0 Å². The average molecular weight is 1790 g/mol. The van der Waals surface area contributed by atoms with Crippen molar-refractivity contribution in [3.8, 4) is 179 Å². The first kappa shape index (κ1) is 81.5. The Morgan fingerprint density at radius 2 is 0.324 bits per heavy atom. The highest BCUT2D eigenvalue weighted by Gasteiger charge is 2.35. The number of unbranched alkanes of at least 4 members (excludes halogenated alkanes) is 2. The summed E-state index contributed by atoms with van der Waals surface area (Å²) in [5, 5.41) is 8.17. The second-order valence-electron chi connectivity index (χ2n) is 35.8. The summed E-state index contributed by atoms with van der Waals surface area (Å²) in [6.07, 6.45) is 1.74. The number of carbonyl (C=O) groups excluding carboxylic acids is 2. The van der Waals surface area contributed by atoms with Gasteiger partial charge in [-0.25, -0.2) is 29.5 Å². The SMILES string of the molecule is O=C(OCCCCCOC(=O)c1ccc(-c2c3nc(c(-c4ccccc4)c4[nH]c(c(-c5ccccc5)c5nc(c(-c6ccccc6)c6[nH]c2c2ccccc62)-c2ccccc2-5)c2ccccc42)-c2ccccc2-3)cc1)c1ccc(-c2c3nc(c(-c4ccccc4)c4[nH]c(c(-c5ccccc5)c5nc(c(-c6ccccc6)c6[nH]c2c2ccccc62)-c2ccccc2-5)c2ccccc42)-c2ccccc2-3)cc1. The normalized spacial score (nSPS) is 11.8. The fraction of sp³-hybridized carbons (Fsp3) is 0.0394. The molecule has 16 aromatic carbocycles. The molecule has 20 aromatic rings. The number of hydrogen-bond acceptors (Lipinski definition) is 8. The molecule has 0 saturated carbocycles. The van der Waals surface area contributed by atoms with E-state index in [0.717, 1.165) is 266 Å². The van der Waals surface area contributed by atoms with Crippen molar-refractivity contribution >= 4 is 99.2 Å². The van der Waals surface area contributed by atoms with Gasteiger partial charge in [-0.15, -0.1) is 0 Å². The van der Waals surface area contributed by atoms with Crippen LogP contribution in [0.5, 0.6) is 0 Å². The second-order valence-corrected chi connectivity index (χ2v) is 35.8. The molecule has 0 atom stereocenters. The van der Waals surface area contributed by atoms with Gasteiger partial charge < -0.3 is 29.4 Å². The van der Waals surface area contributed by atoms with Crippen LogP contribution in [0.1, 0.15) is 40.0 Å². The number of nitrogens with one attached hydrogen (secondary N) is 4. The Labute approximate surface area is 800 Å². The highest BCUT2D eigenvalue weighted by atomic mass is 16.5. The molecule has 4 aliphatic heterocycles. The number of aromatic nitrogens is 8. The van der Waals surface area contributed by atoms with E-state index in [1.54, 1.807) is 0 Å². The van der Waals surface area contributed by atoms with E-state index in [1.165, 1.54) is 0 Å². The molecule has 0 radical (unpaired) electrons. The zero-order chi connectivity index (χ0) is 92.1. The average Bonchev–Trinajstić information content (AvgIpc) is 1.56. The first-order valence-electron chi connectivity index (χ1n) is 47.4. The molecule has 6 aliphatic rings. The van der Waals surface area contributed by atoms with E-state index in [9.17, 15) is 9.59 Å². The fourth-order valence-corrected chi connectivity index (χ4v) is 21.6. The van der Waals surface area contributed by atoms with E-state index in [4.69, 9.17) is 29.4 Å². The van der Waals surface area contributed by atoms with E-state index in [2.05, 4.69) is 396 Å². The van der Waals surface area contributed by atoms with E-state index < -0.39 is 11.9 Å². The van der Waals surface area contributed by atoms with Crippen molar-refractivity contribution in [3.05, 3.63) is 436 Å². The molecule has 12 nitrogen and oxygen atoms in total. The Morgan fingerprint density at radius 1 is 0.173 bits per heavy atom. The maximum absolute atomic E-state index is 14.5. The Balaban J connectivity index is 0.541. The number of benzene rings is 16. The molecule has 0 unspecified atom stereocenters. The quantitative estimate of drug-likeness (QED) is 0.0548. The molecule has 0 amide bonds. The molecule has 656 valence electrons. The molecule has 139 heavy (non-hydrogen) atoms. The third kappa shape index (κ3) is 13.7. The van der Waals surface area contributed by atoms with Crippen LogP contribution in [0, 0.1) is 0 Å². The van der Waals surface area contributed by atoms with Gasteiger partial charge in [0.25, 0.3) is 0 Å². The number of nitrogens with zero attached hydrogens (tertiary/aromatic N) is 4. The summed E-state index contributed by atoms with van der Waals surface area (Å²) in [5.74, 6) is -0.887. The molecule has 4 aromatic heterocycles. The molecular weight excluding hydrogens is 1700 g/mol. The first-order valence-corrected chi connectivity index (χ1v) is 47.4. The molecule has 26 rings (SSSR count). The Bertz CT molecular complexity index is 8560. The lowest BCUT2D eigenvalue weighted by Gasteiger charge is -2.10. The Hall–Kier alpha value is -18.3. The zero-order valence-electron chi connectivity index (χ0n) is 75.4. The molecular formula is C127H84N8O4. The van der Waals surface area contributed by atoms with Crippen LogP contribution < -0.4 is 0 Å². The predicted molar refractivity (Wildman–Crippen MR) is 568 cm³/mol. The number of rotatable bonds is 16. The van der Waals surface area contributed by atoms with E-state index >= 15 is 0 Å². The number of hydrogen-bond donors (Lipinski definition) is 4. The minimum atomic E-state index is -0.444. The summed E-state index contributed by atoms with van der Waals surface area (Å²) >= 11 is 0. The standard InChI is InChI=1S/C127H84N8O4/c136-126(84-70-66-82(67-71-84)108-122-98-62-32-28-58-94(98)118(132-122)104(78-42-12-3-13-43-78)114-90-54-24-20-50-86(90)110(128-114)102(76-38-8-1-9-39-76)111-87-51-21-25-55-91(87)115(129-111)105(79-44-14-4-15-45-79)119-95-59-29-33-63-99(95)123(108)133-119)138-74-36-7-37-75-139-127(137)85-72-68-83(69-73-85)109-124-100-64-34-30-60-96(100)120(134-124)106(80-46-16-5-17-47-80)116-92-56-26-22-52-88(92)112(130-116)103(77-40-10-2-11-41-77)113-89-53-23-27-57-93(89)117(131-113)107(81-48-18-6-19-49-81)121-97-61-31-35-65-101(97)125(109)135-121/h1-6,8-35,38-73,128,130,133,135H,7,36-37,74-75H2. The van der Waals surface area contributed by atoms with Crippen LogP contribution in [0.4, 0.5) is 0 Å². The summed E-state index contributed by atoms with van der Waals surface area (Å²) in [4.78, 5) is 69.6. The number of H-pyrrole nitrogens is 4. The third-order valence-electron chi connectivity index (χ3n) is 27.8. The second kappa shape index (κ2) is 34.0. The smallest absolute Gasteiger partial charge is 0.338 e. The molecule has 4 N–H and O–H groups in total. The van der Waals surface area contributed by atoms with Gasteiger partial charge in [0.1, 0.15) is 0 Å². The van der Waals surface area contributed by atoms with Crippen molar-refractivity contribution in [1.29, 1.82) is 0 Å². The maximum Gasteiger partial charge on any atom is 0.338 e. The van der Waals surface area contributed by atoms with Crippen molar-refractivity contribution in [2.75, 3.05) is 13.2 Å². The van der Waals surface area contributed by atoms with Gasteiger partial charge >= 0.3 is 11.9 Å². The third-order valence-corrected chi connectivity index (χ3v) is 27.8. The molecule has 2 aliphatic carbocycles. The summed E-state index contributed by atoms with van der Waals surface area (Å²) < 4.78 is 12.2. The Morgan fingerprint density at radius 3 is 0.496 bits per heavy atom. The fourth-order valence-electron chi connectivity index (χ4n) is 21.6. The van der Waals surface area contributed by atoms with Crippen LogP contribution in [0.25, 0.3) is 266 Å². The van der Waals surface area contributed by atoms with Crippen LogP contribution in [-0.2, 0) is 9.47 Å². The van der Waals surface area contributed by atoms with Gasteiger partial charge in [0, 0.05) is 132 Å². The van der Waals surface area contributed by atoms with Gasteiger partial charge in [-0.3, -0.25) is 0 Å². The molecule has 0 saturated heterocycles. The lowest BCUT2D eigenvalue weighted by molar-refractivity contribution is 0.0478. The lowest BCUT2D eigenvalue weighted by atomic mass is 9.93. The van der Waals surface area contributed by atoms with Gasteiger partial charge in [0.15, 0.2) is 0 Å². The number of aromatic amines is 4. The molecule has 0 fully saturated rings. The molecule has 12 heteroatoms. The van der Waals surface area contributed by atoms with Crippen molar-refractivity contribution in [1.82, 2.24) is 39.9 Å². The highest BCUT2D eigenvalue weighted by Crippen LogP contribution is 2.56. The molecule has 8 heterocycles.